The number of aromatic nitrogens is 3. The first kappa shape index (κ1) is 20.4. The van der Waals surface area contributed by atoms with Gasteiger partial charge in [0.05, 0.1) is 11.4 Å². The highest BCUT2D eigenvalue weighted by Crippen LogP contribution is 2.27. The number of aryl methyl sites for hydroxylation is 2. The van der Waals surface area contributed by atoms with Crippen molar-refractivity contribution in [1.29, 1.82) is 0 Å². The van der Waals surface area contributed by atoms with E-state index in [9.17, 15) is 4.79 Å². The number of amides is 1. The molecule has 0 fully saturated rings. The number of carbonyl (C=O) groups is 1. The summed E-state index contributed by atoms with van der Waals surface area (Å²) in [7, 11) is 0. The molecule has 0 aliphatic rings. The first-order valence-electron chi connectivity index (χ1n) is 8.78. The molecule has 1 amide bonds. The molecule has 0 bridgehead atoms. The van der Waals surface area contributed by atoms with Gasteiger partial charge in [-0.15, -0.1) is 16.8 Å². The summed E-state index contributed by atoms with van der Waals surface area (Å²) in [4.78, 5) is 12.4. The van der Waals surface area contributed by atoms with Crippen LogP contribution in [0.2, 0.25) is 0 Å². The van der Waals surface area contributed by atoms with Gasteiger partial charge in [-0.2, -0.15) is 0 Å². The molecule has 7 heteroatoms. The van der Waals surface area contributed by atoms with Crippen molar-refractivity contribution in [2.45, 2.75) is 25.5 Å². The molecule has 0 radical (unpaired) electrons. The summed E-state index contributed by atoms with van der Waals surface area (Å²) >= 11 is 4.84. The van der Waals surface area contributed by atoms with E-state index in [0.717, 1.165) is 32.7 Å². The smallest absolute Gasteiger partial charge is 0.234 e. The molecule has 0 saturated carbocycles. The van der Waals surface area contributed by atoms with Gasteiger partial charge in [-0.1, -0.05) is 48.2 Å². The summed E-state index contributed by atoms with van der Waals surface area (Å²) in [6.45, 7) is 8.45. The number of nitrogens with one attached hydrogen (secondary N) is 1. The van der Waals surface area contributed by atoms with Crippen molar-refractivity contribution in [3.05, 3.63) is 70.7 Å². The van der Waals surface area contributed by atoms with Gasteiger partial charge in [0, 0.05) is 16.6 Å². The Morgan fingerprint density at radius 2 is 2.04 bits per heavy atom. The molecular formula is C21H21BrN4OS. The molecule has 0 aliphatic heterocycles. The van der Waals surface area contributed by atoms with E-state index in [1.807, 2.05) is 60.9 Å². The fourth-order valence-electron chi connectivity index (χ4n) is 2.75. The molecule has 3 aromatic rings. The van der Waals surface area contributed by atoms with Crippen molar-refractivity contribution in [1.82, 2.24) is 14.8 Å². The monoisotopic (exact) mass is 456 g/mol. The Kier molecular flexibility index (Phi) is 6.70. The Morgan fingerprint density at radius 1 is 1.25 bits per heavy atom. The summed E-state index contributed by atoms with van der Waals surface area (Å²) in [5, 5.41) is 12.3. The van der Waals surface area contributed by atoms with Crippen molar-refractivity contribution >= 4 is 39.3 Å². The highest BCUT2D eigenvalue weighted by molar-refractivity contribution is 9.10. The van der Waals surface area contributed by atoms with Gasteiger partial charge in [-0.25, -0.2) is 0 Å². The molecule has 28 heavy (non-hydrogen) atoms. The third-order valence-corrected chi connectivity index (χ3v) is 5.77. The zero-order valence-corrected chi connectivity index (χ0v) is 18.2. The lowest BCUT2D eigenvalue weighted by atomic mass is 10.1. The summed E-state index contributed by atoms with van der Waals surface area (Å²) in [5.74, 6) is 0.922. The molecular weight excluding hydrogens is 436 g/mol. The summed E-state index contributed by atoms with van der Waals surface area (Å²) in [5.41, 5.74) is 4.03. The first-order valence-corrected chi connectivity index (χ1v) is 10.6. The lowest BCUT2D eigenvalue weighted by Crippen LogP contribution is -2.15. The average molecular weight is 457 g/mol. The van der Waals surface area contributed by atoms with Crippen LogP contribution in [0, 0.1) is 13.8 Å². The molecule has 0 atom stereocenters. The van der Waals surface area contributed by atoms with Crippen molar-refractivity contribution in [2.75, 3.05) is 11.1 Å². The average Bonchev–Trinajstić information content (AvgIpc) is 3.06. The quantitative estimate of drug-likeness (QED) is 0.389. The minimum Gasteiger partial charge on any atom is -0.324 e. The summed E-state index contributed by atoms with van der Waals surface area (Å²) in [6, 6.07) is 13.9. The summed E-state index contributed by atoms with van der Waals surface area (Å²) < 4.78 is 2.84. The lowest BCUT2D eigenvalue weighted by molar-refractivity contribution is -0.113. The second-order valence-corrected chi connectivity index (χ2v) is 8.14. The van der Waals surface area contributed by atoms with E-state index in [1.54, 1.807) is 6.08 Å². The summed E-state index contributed by atoms with van der Waals surface area (Å²) in [6.07, 6.45) is 1.80. The maximum atomic E-state index is 12.4. The molecule has 1 aromatic heterocycles. The Labute approximate surface area is 177 Å². The second-order valence-electron chi connectivity index (χ2n) is 6.34. The largest absolute Gasteiger partial charge is 0.324 e. The van der Waals surface area contributed by atoms with Crippen LogP contribution < -0.4 is 5.32 Å². The highest BCUT2D eigenvalue weighted by Gasteiger charge is 2.16. The van der Waals surface area contributed by atoms with Crippen LogP contribution in [0.25, 0.3) is 11.4 Å². The minimum absolute atomic E-state index is 0.0971. The molecule has 0 spiro atoms. The van der Waals surface area contributed by atoms with Crippen molar-refractivity contribution in [3.63, 3.8) is 0 Å². The van der Waals surface area contributed by atoms with E-state index < -0.39 is 0 Å². The number of hydrogen-bond acceptors (Lipinski definition) is 4. The number of nitrogens with zero attached hydrogens (tertiary/aromatic N) is 3. The van der Waals surface area contributed by atoms with Gasteiger partial charge in [0.25, 0.3) is 0 Å². The molecule has 1 heterocycles. The number of benzene rings is 2. The van der Waals surface area contributed by atoms with Crippen LogP contribution >= 0.6 is 27.7 Å². The van der Waals surface area contributed by atoms with Crippen molar-refractivity contribution < 1.29 is 4.79 Å². The topological polar surface area (TPSA) is 59.8 Å². The fraction of sp³-hybridized carbons (Fsp3) is 0.190. The van der Waals surface area contributed by atoms with E-state index >= 15 is 0 Å². The van der Waals surface area contributed by atoms with Crippen molar-refractivity contribution in [3.8, 4) is 11.4 Å². The minimum atomic E-state index is -0.0971. The van der Waals surface area contributed by atoms with E-state index in [2.05, 4.69) is 38.0 Å². The zero-order chi connectivity index (χ0) is 20.1. The molecule has 2 aromatic carbocycles. The van der Waals surface area contributed by atoms with Gasteiger partial charge < -0.3 is 5.32 Å². The maximum Gasteiger partial charge on any atom is 0.234 e. The SMILES string of the molecule is C=CCn1c(SCC(=O)Nc2ccc(C)cc2Br)nnc1-c1ccccc1C. The Bertz CT molecular complexity index is 1020. The molecule has 3 rings (SSSR count). The van der Waals surface area contributed by atoms with Gasteiger partial charge >= 0.3 is 0 Å². The van der Waals surface area contributed by atoms with Crippen LogP contribution in [0.5, 0.6) is 0 Å². The van der Waals surface area contributed by atoms with Crippen LogP contribution in [-0.4, -0.2) is 26.4 Å². The molecule has 5 nitrogen and oxygen atoms in total. The Balaban J connectivity index is 1.74. The van der Waals surface area contributed by atoms with E-state index in [4.69, 9.17) is 0 Å². The number of hydrogen-bond donors (Lipinski definition) is 1. The zero-order valence-electron chi connectivity index (χ0n) is 15.8. The third kappa shape index (κ3) is 4.72. The molecule has 144 valence electrons. The predicted octanol–water partition coefficient (Wildman–Crippen LogP) is 5.24. The maximum absolute atomic E-state index is 12.4. The predicted molar refractivity (Wildman–Crippen MR) is 119 cm³/mol. The lowest BCUT2D eigenvalue weighted by Gasteiger charge is -2.10. The third-order valence-electron chi connectivity index (χ3n) is 4.15. The van der Waals surface area contributed by atoms with Crippen LogP contribution in [0.3, 0.4) is 0 Å². The van der Waals surface area contributed by atoms with Gasteiger partial charge in [0.1, 0.15) is 0 Å². The van der Waals surface area contributed by atoms with Gasteiger partial charge in [0.15, 0.2) is 11.0 Å². The van der Waals surface area contributed by atoms with Gasteiger partial charge in [-0.3, -0.25) is 9.36 Å². The molecule has 0 saturated heterocycles. The number of rotatable bonds is 7. The first-order chi connectivity index (χ1) is 13.5. The number of allylic oxidation sites excluding steroid dienone is 1. The molecule has 0 unspecified atom stereocenters. The number of carbonyl (C=O) groups excluding carboxylic acids is 1. The van der Waals surface area contributed by atoms with E-state index in [0.29, 0.717) is 11.7 Å². The van der Waals surface area contributed by atoms with Crippen LogP contribution in [-0.2, 0) is 11.3 Å². The standard InChI is InChI=1S/C21H21BrN4OS/c1-4-11-26-20(16-8-6-5-7-15(16)3)24-25-21(26)28-13-19(27)23-18-10-9-14(2)12-17(18)22/h4-10,12H,1,11,13H2,2-3H3,(H,23,27). The number of anilines is 1. The Morgan fingerprint density at radius 3 is 2.75 bits per heavy atom. The van der Waals surface area contributed by atoms with E-state index in [-0.39, 0.29) is 11.7 Å². The number of halogens is 1. The normalized spacial score (nSPS) is 10.7. The van der Waals surface area contributed by atoms with Crippen molar-refractivity contribution in [2.24, 2.45) is 0 Å². The molecule has 0 aliphatic carbocycles. The van der Waals surface area contributed by atoms with Gasteiger partial charge in [0.2, 0.25) is 5.91 Å². The molecule has 1 N–H and O–H groups in total. The Hall–Kier alpha value is -2.38. The second kappa shape index (κ2) is 9.21. The van der Waals surface area contributed by atoms with Crippen LogP contribution in [0.4, 0.5) is 5.69 Å². The van der Waals surface area contributed by atoms with E-state index in [1.165, 1.54) is 11.8 Å². The van der Waals surface area contributed by atoms with Crippen LogP contribution in [0.1, 0.15) is 11.1 Å². The number of thioether (sulfide) groups is 1. The highest BCUT2D eigenvalue weighted by atomic mass is 79.9. The van der Waals surface area contributed by atoms with Crippen LogP contribution in [0.15, 0.2) is 64.7 Å². The van der Waals surface area contributed by atoms with Gasteiger partial charge in [-0.05, 0) is 53.0 Å². The fourth-order valence-corrected chi connectivity index (χ4v) is 4.09.